The number of nitrogens with zero attached hydrogens (tertiary/aromatic N) is 2. The highest BCUT2D eigenvalue weighted by atomic mass is 15.2. The normalized spacial score (nSPS) is 13.1. The summed E-state index contributed by atoms with van der Waals surface area (Å²) in [6.07, 6.45) is 4.33. The summed E-state index contributed by atoms with van der Waals surface area (Å²) in [7, 11) is 0. The van der Waals surface area contributed by atoms with Crippen molar-refractivity contribution in [3.05, 3.63) is 193 Å². The van der Waals surface area contributed by atoms with Crippen LogP contribution in [0.4, 0.5) is 11.4 Å². The largest absolute Gasteiger partial charge is 0.314 e. The minimum atomic E-state index is 0.918. The van der Waals surface area contributed by atoms with E-state index in [9.17, 15) is 0 Å². The van der Waals surface area contributed by atoms with Gasteiger partial charge in [0.15, 0.2) is 0 Å². The number of hydrogen-bond donors (Lipinski definition) is 0. The summed E-state index contributed by atoms with van der Waals surface area (Å²) < 4.78 is 2.50. The number of benzene rings is 9. The monoisotopic (exact) mass is 686 g/mol. The summed E-state index contributed by atoms with van der Waals surface area (Å²) in [6, 6.07) is 65.2. The van der Waals surface area contributed by atoms with E-state index in [1.165, 1.54) is 110 Å². The van der Waals surface area contributed by atoms with Crippen molar-refractivity contribution in [2.24, 2.45) is 0 Å². The van der Waals surface area contributed by atoms with E-state index in [1.54, 1.807) is 0 Å². The van der Waals surface area contributed by atoms with E-state index in [4.69, 9.17) is 0 Å². The summed E-state index contributed by atoms with van der Waals surface area (Å²) in [5.74, 6) is 0. The van der Waals surface area contributed by atoms with Crippen LogP contribution in [0.25, 0.3) is 88.0 Å². The molecule has 2 aliphatic rings. The Balaban J connectivity index is 1.07. The van der Waals surface area contributed by atoms with Gasteiger partial charge in [0.2, 0.25) is 0 Å². The molecule has 252 valence electrons. The average molecular weight is 687 g/mol. The highest BCUT2D eigenvalue weighted by Gasteiger charge is 2.28. The number of hydrogen-bond acceptors (Lipinski definition) is 1. The van der Waals surface area contributed by atoms with Gasteiger partial charge in [0.25, 0.3) is 0 Å². The molecule has 0 radical (unpaired) electrons. The third-order valence-corrected chi connectivity index (χ3v) is 11.9. The molecular weight excluding hydrogens is 653 g/mol. The van der Waals surface area contributed by atoms with Gasteiger partial charge in [0.1, 0.15) is 0 Å². The van der Waals surface area contributed by atoms with Crippen LogP contribution in [0.1, 0.15) is 17.7 Å². The smallest absolute Gasteiger partial charge is 0.0537 e. The lowest BCUT2D eigenvalue weighted by molar-refractivity contribution is 0.839. The van der Waals surface area contributed by atoms with E-state index in [0.717, 1.165) is 12.8 Å². The molecule has 0 spiro atoms. The first-order chi connectivity index (χ1) is 26.8. The quantitative estimate of drug-likeness (QED) is 0.167. The number of allylic oxidation sites excluding steroid dienone is 1. The molecule has 0 bridgehead atoms. The van der Waals surface area contributed by atoms with Crippen molar-refractivity contribution in [2.75, 3.05) is 4.90 Å². The third-order valence-electron chi connectivity index (χ3n) is 11.9. The highest BCUT2D eigenvalue weighted by Crippen LogP contribution is 2.52. The number of rotatable bonds is 4. The molecule has 0 saturated carbocycles. The van der Waals surface area contributed by atoms with Crippen LogP contribution in [0.15, 0.2) is 182 Å². The van der Waals surface area contributed by atoms with Gasteiger partial charge in [-0.3, -0.25) is 0 Å². The molecule has 1 aromatic heterocycles. The summed E-state index contributed by atoms with van der Waals surface area (Å²) in [4.78, 5) is 2.53. The molecule has 0 N–H and O–H groups in total. The maximum absolute atomic E-state index is 2.53. The van der Waals surface area contributed by atoms with E-state index < -0.39 is 0 Å². The summed E-state index contributed by atoms with van der Waals surface area (Å²) in [6.45, 7) is 0. The molecule has 2 heteroatoms. The molecule has 0 fully saturated rings. The summed E-state index contributed by atoms with van der Waals surface area (Å²) in [5.41, 5.74) is 14.1. The van der Waals surface area contributed by atoms with Crippen molar-refractivity contribution in [2.45, 2.75) is 12.8 Å². The Hall–Kier alpha value is -6.90. The Morgan fingerprint density at radius 3 is 1.94 bits per heavy atom. The zero-order valence-corrected chi connectivity index (χ0v) is 29.6. The van der Waals surface area contributed by atoms with Crippen molar-refractivity contribution in [1.82, 2.24) is 4.57 Å². The molecule has 10 aromatic rings. The van der Waals surface area contributed by atoms with Gasteiger partial charge in [-0.1, -0.05) is 127 Å². The highest BCUT2D eigenvalue weighted by molar-refractivity contribution is 6.24. The lowest BCUT2D eigenvalue weighted by Gasteiger charge is -2.31. The van der Waals surface area contributed by atoms with E-state index >= 15 is 0 Å². The molecule has 0 amide bonds. The van der Waals surface area contributed by atoms with Gasteiger partial charge in [-0.15, -0.1) is 0 Å². The molecule has 9 aromatic carbocycles. The summed E-state index contributed by atoms with van der Waals surface area (Å²) in [5, 5.41) is 11.6. The van der Waals surface area contributed by atoms with Crippen LogP contribution in [-0.4, -0.2) is 4.57 Å². The van der Waals surface area contributed by atoms with Gasteiger partial charge in [-0.2, -0.15) is 0 Å². The second kappa shape index (κ2) is 11.3. The lowest BCUT2D eigenvalue weighted by atomic mass is 9.95. The second-order valence-corrected chi connectivity index (χ2v) is 14.9. The molecule has 0 atom stereocenters. The molecule has 2 aliphatic carbocycles. The van der Waals surface area contributed by atoms with Crippen LogP contribution in [0.2, 0.25) is 0 Å². The van der Waals surface area contributed by atoms with Crippen LogP contribution in [0.5, 0.6) is 0 Å². The van der Waals surface area contributed by atoms with E-state index in [0.29, 0.717) is 0 Å². The number of anilines is 2. The summed E-state index contributed by atoms with van der Waals surface area (Å²) >= 11 is 0. The first-order valence-corrected chi connectivity index (χ1v) is 19.0. The Bertz CT molecular complexity index is 3230. The fourth-order valence-electron chi connectivity index (χ4n) is 9.53. The van der Waals surface area contributed by atoms with Gasteiger partial charge in [-0.05, 0) is 133 Å². The van der Waals surface area contributed by atoms with Gasteiger partial charge in [-0.25, -0.2) is 0 Å². The number of fused-ring (bicyclic) bond motifs is 10. The third kappa shape index (κ3) is 4.28. The Labute approximate surface area is 313 Å². The second-order valence-electron chi connectivity index (χ2n) is 14.9. The van der Waals surface area contributed by atoms with E-state index in [-0.39, 0.29) is 0 Å². The lowest BCUT2D eigenvalue weighted by Crippen LogP contribution is -2.19. The van der Waals surface area contributed by atoms with Crippen molar-refractivity contribution >= 4 is 71.4 Å². The van der Waals surface area contributed by atoms with Gasteiger partial charge >= 0.3 is 0 Å². The molecule has 0 unspecified atom stereocenters. The predicted molar refractivity (Wildman–Crippen MR) is 229 cm³/mol. The van der Waals surface area contributed by atoms with Gasteiger partial charge in [0, 0.05) is 39.4 Å². The molecule has 54 heavy (non-hydrogen) atoms. The molecular formula is C52H34N2. The average Bonchev–Trinajstić information content (AvgIpc) is 3.74. The van der Waals surface area contributed by atoms with Crippen LogP contribution in [0, 0.1) is 0 Å². The van der Waals surface area contributed by atoms with Crippen LogP contribution in [-0.2, 0) is 6.42 Å². The zero-order chi connectivity index (χ0) is 35.3. The minimum Gasteiger partial charge on any atom is -0.314 e. The van der Waals surface area contributed by atoms with Crippen LogP contribution >= 0.6 is 0 Å². The first kappa shape index (κ1) is 29.7. The Morgan fingerprint density at radius 2 is 1.09 bits per heavy atom. The molecule has 0 saturated heterocycles. The standard InChI is InChI=1S/C52H34N2/c1-3-12-35-29-39(22-20-33(35)10-1)53(41-24-26-46-47(31-41)45-18-9-15-38-28-37-14-5-6-16-43(37)52(46)51(38)45)42-25-27-50-48(32-42)44-17-7-8-19-49(44)54(50)40-23-21-34-11-2-4-13-36(34)30-40/h1-24,26,28-32H,25,27H2. The molecule has 12 rings (SSSR count). The van der Waals surface area contributed by atoms with Crippen molar-refractivity contribution in [1.29, 1.82) is 0 Å². The number of para-hydroxylation sites is 1. The van der Waals surface area contributed by atoms with Gasteiger partial charge in [0.05, 0.1) is 5.52 Å². The van der Waals surface area contributed by atoms with Crippen molar-refractivity contribution in [3.63, 3.8) is 0 Å². The van der Waals surface area contributed by atoms with E-state index in [1.807, 2.05) is 0 Å². The maximum atomic E-state index is 2.53. The van der Waals surface area contributed by atoms with Crippen LogP contribution in [0.3, 0.4) is 0 Å². The fraction of sp³-hybridized carbons (Fsp3) is 0.0385. The molecule has 0 aliphatic heterocycles. The molecule has 2 nitrogen and oxygen atoms in total. The van der Waals surface area contributed by atoms with Crippen molar-refractivity contribution < 1.29 is 0 Å². The van der Waals surface area contributed by atoms with Crippen LogP contribution < -0.4 is 4.90 Å². The van der Waals surface area contributed by atoms with Crippen molar-refractivity contribution in [3.8, 4) is 27.9 Å². The first-order valence-electron chi connectivity index (χ1n) is 19.0. The SMILES string of the molecule is C1=C(N(c2ccc3c(c2)-c2cccc4cc5ccccc5c-3c24)c2ccc3ccccc3c2)CCc2c1c1ccccc1n2-c1ccc2ccccc2c1. The predicted octanol–water partition coefficient (Wildman–Crippen LogP) is 14.0. The molecule has 1 heterocycles. The zero-order valence-electron chi connectivity index (χ0n) is 29.6. The maximum Gasteiger partial charge on any atom is 0.0537 e. The minimum absolute atomic E-state index is 0.918. The number of aromatic nitrogens is 1. The fourth-order valence-corrected chi connectivity index (χ4v) is 9.53. The Morgan fingerprint density at radius 1 is 0.426 bits per heavy atom. The topological polar surface area (TPSA) is 8.17 Å². The van der Waals surface area contributed by atoms with Gasteiger partial charge < -0.3 is 9.47 Å². The van der Waals surface area contributed by atoms with E-state index in [2.05, 4.69) is 191 Å². The Kier molecular flexibility index (Phi) is 6.20.